The minimum absolute atomic E-state index is 0.239. The van der Waals surface area contributed by atoms with E-state index in [-0.39, 0.29) is 11.8 Å². The molecule has 26 heavy (non-hydrogen) atoms. The van der Waals surface area contributed by atoms with E-state index in [0.29, 0.717) is 25.9 Å². The number of benzene rings is 1. The number of rotatable bonds is 5. The number of nitrogens with two attached hydrogens (primary N) is 1. The van der Waals surface area contributed by atoms with Crippen LogP contribution < -0.4 is 10.5 Å². The highest BCUT2D eigenvalue weighted by molar-refractivity contribution is 6.01. The molecule has 2 bridgehead atoms. The van der Waals surface area contributed by atoms with Crippen LogP contribution in [0.2, 0.25) is 0 Å². The Bertz CT molecular complexity index is 835. The van der Waals surface area contributed by atoms with Crippen LogP contribution in [0.25, 0.3) is 0 Å². The van der Waals surface area contributed by atoms with Crippen molar-refractivity contribution in [2.45, 2.75) is 38.0 Å². The van der Waals surface area contributed by atoms with Crippen molar-refractivity contribution >= 4 is 11.8 Å². The molecular formula is C19H22N4O3. The number of aromatic nitrogens is 2. The Balaban J connectivity index is 1.63. The number of primary amides is 1. The first-order valence-electron chi connectivity index (χ1n) is 8.86. The van der Waals surface area contributed by atoms with Gasteiger partial charge in [-0.2, -0.15) is 5.10 Å². The van der Waals surface area contributed by atoms with Crippen LogP contribution in [0.15, 0.2) is 42.7 Å². The lowest BCUT2D eigenvalue weighted by molar-refractivity contribution is -0.175. The van der Waals surface area contributed by atoms with E-state index in [1.165, 1.54) is 0 Å². The zero-order valence-electron chi connectivity index (χ0n) is 14.7. The summed E-state index contributed by atoms with van der Waals surface area (Å²) < 4.78 is 8.04. The molecule has 1 aromatic heterocycles. The van der Waals surface area contributed by atoms with Gasteiger partial charge in [-0.3, -0.25) is 14.3 Å². The van der Waals surface area contributed by atoms with Gasteiger partial charge in [-0.25, -0.2) is 0 Å². The number of amides is 2. The molecule has 0 unspecified atom stereocenters. The van der Waals surface area contributed by atoms with Crippen molar-refractivity contribution < 1.29 is 14.3 Å². The van der Waals surface area contributed by atoms with Crippen LogP contribution in [-0.2, 0) is 16.1 Å². The Morgan fingerprint density at radius 3 is 2.88 bits per heavy atom. The normalized spacial score (nSPS) is 27.0. The van der Waals surface area contributed by atoms with Crippen LogP contribution in [0.1, 0.15) is 31.2 Å². The molecule has 3 heterocycles. The molecular weight excluding hydrogens is 332 g/mol. The zero-order chi connectivity index (χ0) is 18.3. The summed E-state index contributed by atoms with van der Waals surface area (Å²) in [6.45, 7) is 3.08. The molecule has 0 saturated carbocycles. The van der Waals surface area contributed by atoms with Gasteiger partial charge in [0.2, 0.25) is 11.8 Å². The molecule has 3 atom stereocenters. The standard InChI is InChI=1S/C19H22N4O3/c1-19-12-14(13-6-2-3-7-15(13)26-19)16(17(20)24)18(25)23(19)11-5-10-22-9-4-8-21-22/h2-4,6-9,14,16H,5,10-12H2,1H3,(H2,20,24)/t14-,16-,19-/m0/s1. The molecule has 2 aliphatic rings. The quantitative estimate of drug-likeness (QED) is 0.824. The van der Waals surface area contributed by atoms with Gasteiger partial charge in [0.1, 0.15) is 11.7 Å². The smallest absolute Gasteiger partial charge is 0.238 e. The van der Waals surface area contributed by atoms with Gasteiger partial charge in [0.05, 0.1) is 0 Å². The Morgan fingerprint density at radius 1 is 1.35 bits per heavy atom. The van der Waals surface area contributed by atoms with Crippen molar-refractivity contribution in [2.24, 2.45) is 11.7 Å². The minimum atomic E-state index is -0.849. The molecule has 1 fully saturated rings. The second-order valence-corrected chi connectivity index (χ2v) is 7.12. The third-order valence-electron chi connectivity index (χ3n) is 5.39. The average molecular weight is 354 g/mol. The summed E-state index contributed by atoms with van der Waals surface area (Å²) >= 11 is 0. The van der Waals surface area contributed by atoms with E-state index in [0.717, 1.165) is 11.3 Å². The first-order chi connectivity index (χ1) is 12.5. The first-order valence-corrected chi connectivity index (χ1v) is 8.86. The fourth-order valence-corrected chi connectivity index (χ4v) is 4.20. The SMILES string of the molecule is C[C@@]12C[C@@H](c3ccccc3O1)[C@@H](C(N)=O)C(=O)N2CCCn1cccn1. The molecule has 4 rings (SSSR count). The van der Waals surface area contributed by atoms with Gasteiger partial charge in [0, 0.05) is 37.8 Å². The molecule has 2 aromatic rings. The van der Waals surface area contributed by atoms with Crippen LogP contribution in [0, 0.1) is 5.92 Å². The highest BCUT2D eigenvalue weighted by Gasteiger charge is 2.55. The maximum Gasteiger partial charge on any atom is 0.238 e. The molecule has 0 spiro atoms. The molecule has 1 saturated heterocycles. The summed E-state index contributed by atoms with van der Waals surface area (Å²) in [5.41, 5.74) is 5.74. The van der Waals surface area contributed by atoms with Crippen LogP contribution in [0.4, 0.5) is 0 Å². The summed E-state index contributed by atoms with van der Waals surface area (Å²) in [6, 6.07) is 9.45. The predicted octanol–water partition coefficient (Wildman–Crippen LogP) is 1.50. The van der Waals surface area contributed by atoms with Crippen molar-refractivity contribution in [1.82, 2.24) is 14.7 Å². The van der Waals surface area contributed by atoms with E-state index in [1.807, 2.05) is 48.1 Å². The molecule has 1 aromatic carbocycles. The minimum Gasteiger partial charge on any atom is -0.468 e. The molecule has 136 valence electrons. The lowest BCUT2D eigenvalue weighted by Crippen LogP contribution is -2.64. The third kappa shape index (κ3) is 2.64. The Kier molecular flexibility index (Phi) is 3.94. The second-order valence-electron chi connectivity index (χ2n) is 7.12. The number of ether oxygens (including phenoxy) is 1. The van der Waals surface area contributed by atoms with Gasteiger partial charge in [0.15, 0.2) is 5.72 Å². The van der Waals surface area contributed by atoms with Crippen LogP contribution in [0.3, 0.4) is 0 Å². The van der Waals surface area contributed by atoms with Crippen molar-refractivity contribution in [1.29, 1.82) is 0 Å². The first kappa shape index (κ1) is 16.6. The monoisotopic (exact) mass is 354 g/mol. The van der Waals surface area contributed by atoms with E-state index in [2.05, 4.69) is 5.10 Å². The second kappa shape index (κ2) is 6.16. The Morgan fingerprint density at radius 2 is 2.15 bits per heavy atom. The van der Waals surface area contributed by atoms with Crippen LogP contribution in [0.5, 0.6) is 5.75 Å². The number of piperidine rings is 1. The lowest BCUT2D eigenvalue weighted by Gasteiger charge is -2.52. The fourth-order valence-electron chi connectivity index (χ4n) is 4.20. The highest BCUT2D eigenvalue weighted by atomic mass is 16.5. The number of nitrogens with zero attached hydrogens (tertiary/aromatic N) is 3. The van der Waals surface area contributed by atoms with Crippen molar-refractivity contribution in [3.8, 4) is 5.75 Å². The fraction of sp³-hybridized carbons (Fsp3) is 0.421. The number of fused-ring (bicyclic) bond motifs is 4. The number of para-hydroxylation sites is 1. The van der Waals surface area contributed by atoms with E-state index in [1.54, 1.807) is 11.1 Å². The maximum absolute atomic E-state index is 13.1. The van der Waals surface area contributed by atoms with Crippen LogP contribution in [-0.4, -0.2) is 38.8 Å². The van der Waals surface area contributed by atoms with Gasteiger partial charge < -0.3 is 15.4 Å². The third-order valence-corrected chi connectivity index (χ3v) is 5.39. The average Bonchev–Trinajstić information content (AvgIpc) is 3.10. The van der Waals surface area contributed by atoms with Gasteiger partial charge in [-0.05, 0) is 31.0 Å². The summed E-state index contributed by atoms with van der Waals surface area (Å²) in [6.07, 6.45) is 4.88. The Hall–Kier alpha value is -2.83. The number of carbonyl (C=O) groups is 2. The number of likely N-dealkylation sites (tertiary alicyclic amines) is 1. The van der Waals surface area contributed by atoms with Gasteiger partial charge in [-0.1, -0.05) is 18.2 Å². The van der Waals surface area contributed by atoms with Gasteiger partial charge in [0.25, 0.3) is 0 Å². The van der Waals surface area contributed by atoms with Crippen molar-refractivity contribution in [2.75, 3.05) is 6.54 Å². The van der Waals surface area contributed by atoms with E-state index >= 15 is 0 Å². The van der Waals surface area contributed by atoms with Gasteiger partial charge >= 0.3 is 0 Å². The summed E-state index contributed by atoms with van der Waals surface area (Å²) in [5, 5.41) is 4.18. The van der Waals surface area contributed by atoms with E-state index < -0.39 is 17.6 Å². The number of hydrogen-bond donors (Lipinski definition) is 1. The van der Waals surface area contributed by atoms with Crippen LogP contribution >= 0.6 is 0 Å². The molecule has 2 amide bonds. The Labute approximate surface area is 151 Å². The largest absolute Gasteiger partial charge is 0.468 e. The number of hydrogen-bond acceptors (Lipinski definition) is 4. The highest BCUT2D eigenvalue weighted by Crippen LogP contribution is 2.49. The zero-order valence-corrected chi connectivity index (χ0v) is 14.7. The number of aryl methyl sites for hydroxylation is 1. The van der Waals surface area contributed by atoms with Crippen molar-refractivity contribution in [3.63, 3.8) is 0 Å². The summed E-state index contributed by atoms with van der Waals surface area (Å²) in [4.78, 5) is 26.9. The molecule has 0 radical (unpaired) electrons. The van der Waals surface area contributed by atoms with Crippen molar-refractivity contribution in [3.05, 3.63) is 48.3 Å². The molecule has 0 aliphatic carbocycles. The topological polar surface area (TPSA) is 90.5 Å². The molecule has 7 nitrogen and oxygen atoms in total. The molecule has 2 N–H and O–H groups in total. The summed E-state index contributed by atoms with van der Waals surface area (Å²) in [7, 11) is 0. The number of carbonyl (C=O) groups excluding carboxylic acids is 2. The molecule has 2 aliphatic heterocycles. The molecule has 7 heteroatoms. The maximum atomic E-state index is 13.1. The van der Waals surface area contributed by atoms with Gasteiger partial charge in [-0.15, -0.1) is 0 Å². The van der Waals surface area contributed by atoms with E-state index in [9.17, 15) is 9.59 Å². The lowest BCUT2D eigenvalue weighted by atomic mass is 9.73. The van der Waals surface area contributed by atoms with E-state index in [4.69, 9.17) is 10.5 Å². The summed E-state index contributed by atoms with van der Waals surface area (Å²) in [5.74, 6) is -1.18. The predicted molar refractivity (Wildman–Crippen MR) is 94.1 cm³/mol.